The first-order valence-electron chi connectivity index (χ1n) is 8.29. The van der Waals surface area contributed by atoms with Crippen molar-refractivity contribution in [2.45, 2.75) is 60.8 Å². The minimum Gasteiger partial charge on any atom is -0.192 e. The Hall–Kier alpha value is -1.55. The zero-order valence-electron chi connectivity index (χ0n) is 15.4. The third-order valence-electron chi connectivity index (χ3n) is 4.21. The summed E-state index contributed by atoms with van der Waals surface area (Å²) >= 11 is 0. The second kappa shape index (κ2) is 9.46. The molecule has 0 amide bonds. The predicted molar refractivity (Wildman–Crippen MR) is 98.4 cm³/mol. The van der Waals surface area contributed by atoms with Crippen molar-refractivity contribution in [2.75, 3.05) is 0 Å². The van der Waals surface area contributed by atoms with Crippen LogP contribution in [-0.2, 0) is 0 Å². The third-order valence-corrected chi connectivity index (χ3v) is 4.21. The van der Waals surface area contributed by atoms with E-state index in [9.17, 15) is 5.26 Å². The molecule has 0 radical (unpaired) electrons. The number of unbranched alkanes of at least 4 members (excludes halogenated alkanes) is 1. The van der Waals surface area contributed by atoms with Gasteiger partial charge < -0.3 is 0 Å². The molecule has 22 heavy (non-hydrogen) atoms. The van der Waals surface area contributed by atoms with Crippen molar-refractivity contribution in [3.8, 4) is 6.07 Å². The fourth-order valence-corrected chi connectivity index (χ4v) is 2.92. The number of allylic oxidation sites excluding steroid dienone is 6. The molecule has 0 rings (SSSR count). The summed E-state index contributed by atoms with van der Waals surface area (Å²) in [6, 6.07) is 2.27. The van der Waals surface area contributed by atoms with Crippen LogP contribution < -0.4 is 0 Å². The van der Waals surface area contributed by atoms with E-state index in [1.807, 2.05) is 13.0 Å². The van der Waals surface area contributed by atoms with E-state index >= 15 is 0 Å². The fourth-order valence-electron chi connectivity index (χ4n) is 2.92. The smallest absolute Gasteiger partial charge is 0.0994 e. The maximum absolute atomic E-state index is 9.33. The number of hydrogen-bond acceptors (Lipinski definition) is 1. The predicted octanol–water partition coefficient (Wildman–Crippen LogP) is 6.61. The molecule has 0 saturated heterocycles. The van der Waals surface area contributed by atoms with Crippen molar-refractivity contribution in [3.63, 3.8) is 0 Å². The Morgan fingerprint density at radius 2 is 1.91 bits per heavy atom. The zero-order chi connectivity index (χ0) is 17.3. The zero-order valence-corrected chi connectivity index (χ0v) is 15.4. The highest BCUT2D eigenvalue weighted by Gasteiger charge is 2.31. The summed E-state index contributed by atoms with van der Waals surface area (Å²) in [6.07, 6.45) is 9.73. The lowest BCUT2D eigenvalue weighted by molar-refractivity contribution is 0.220. The first-order valence-corrected chi connectivity index (χ1v) is 8.29. The van der Waals surface area contributed by atoms with E-state index in [2.05, 4.69) is 66.0 Å². The summed E-state index contributed by atoms with van der Waals surface area (Å²) in [6.45, 7) is 20.9. The summed E-state index contributed by atoms with van der Waals surface area (Å²) in [5.41, 5.74) is 2.87. The van der Waals surface area contributed by atoms with E-state index < -0.39 is 0 Å². The van der Waals surface area contributed by atoms with Crippen molar-refractivity contribution in [1.29, 1.82) is 5.26 Å². The van der Waals surface area contributed by atoms with Gasteiger partial charge in [-0.15, -0.1) is 6.58 Å². The highest BCUT2D eigenvalue weighted by molar-refractivity contribution is 5.44. The van der Waals surface area contributed by atoms with Crippen molar-refractivity contribution < 1.29 is 0 Å². The van der Waals surface area contributed by atoms with Gasteiger partial charge >= 0.3 is 0 Å². The molecule has 0 aliphatic heterocycles. The van der Waals surface area contributed by atoms with Gasteiger partial charge in [-0.3, -0.25) is 0 Å². The molecule has 0 heterocycles. The van der Waals surface area contributed by atoms with E-state index in [0.717, 1.165) is 12.0 Å². The Bertz CT molecular complexity index is 477. The van der Waals surface area contributed by atoms with Crippen LogP contribution in [0, 0.1) is 28.6 Å². The van der Waals surface area contributed by atoms with Crippen molar-refractivity contribution in [3.05, 3.63) is 48.1 Å². The Morgan fingerprint density at radius 1 is 1.32 bits per heavy atom. The van der Waals surface area contributed by atoms with Crippen LogP contribution in [-0.4, -0.2) is 0 Å². The van der Waals surface area contributed by atoms with Gasteiger partial charge in [0.2, 0.25) is 0 Å². The van der Waals surface area contributed by atoms with Gasteiger partial charge in [-0.25, -0.2) is 0 Å². The molecule has 0 N–H and O–H groups in total. The first-order chi connectivity index (χ1) is 10.2. The van der Waals surface area contributed by atoms with E-state index in [1.54, 1.807) is 0 Å². The maximum Gasteiger partial charge on any atom is 0.0994 e. The van der Waals surface area contributed by atoms with Gasteiger partial charge in [0.15, 0.2) is 0 Å². The Balaban J connectivity index is 5.80. The molecule has 0 aliphatic rings. The lowest BCUT2D eigenvalue weighted by Gasteiger charge is -2.36. The highest BCUT2D eigenvalue weighted by Crippen LogP contribution is 2.40. The molecule has 0 aromatic carbocycles. The SMILES string of the molecule is C=CC(C(CCCC)C(=C/C)/C=C(/C#N)C(=C)C)C(C)(C)C. The lowest BCUT2D eigenvalue weighted by Crippen LogP contribution is -2.27. The average Bonchev–Trinajstić information content (AvgIpc) is 2.43. The standard InChI is InChI=1S/C21H33N/c1-9-12-13-19(20(11-3)21(6,7)8)17(10-2)14-18(15-22)16(4)5/h10-11,14,19-20H,3-4,9,12-13H2,1-2,5-8H3/b17-10+,18-14-. The molecule has 0 aromatic rings. The van der Waals surface area contributed by atoms with Crippen molar-refractivity contribution in [1.82, 2.24) is 0 Å². The summed E-state index contributed by atoms with van der Waals surface area (Å²) in [4.78, 5) is 0. The lowest BCUT2D eigenvalue weighted by atomic mass is 9.68. The number of hydrogen-bond donors (Lipinski definition) is 0. The van der Waals surface area contributed by atoms with Gasteiger partial charge in [-0.2, -0.15) is 5.26 Å². The van der Waals surface area contributed by atoms with Gasteiger partial charge in [0, 0.05) is 0 Å². The van der Waals surface area contributed by atoms with Gasteiger partial charge in [0.05, 0.1) is 11.6 Å². The van der Waals surface area contributed by atoms with Crippen molar-refractivity contribution in [2.24, 2.45) is 17.3 Å². The van der Waals surface area contributed by atoms with Gasteiger partial charge in [0.25, 0.3) is 0 Å². The van der Waals surface area contributed by atoms with Crippen LogP contribution in [0.15, 0.2) is 48.1 Å². The van der Waals surface area contributed by atoms with E-state index in [0.29, 0.717) is 17.4 Å². The summed E-state index contributed by atoms with van der Waals surface area (Å²) in [5.74, 6) is 0.775. The topological polar surface area (TPSA) is 23.8 Å². The van der Waals surface area contributed by atoms with Crippen LogP contribution >= 0.6 is 0 Å². The van der Waals surface area contributed by atoms with Gasteiger partial charge in [0.1, 0.15) is 0 Å². The molecular formula is C21H33N. The van der Waals surface area contributed by atoms with Gasteiger partial charge in [-0.05, 0) is 54.7 Å². The van der Waals surface area contributed by atoms with Crippen LogP contribution in [0.1, 0.15) is 60.8 Å². The molecular weight excluding hydrogens is 266 g/mol. The normalized spacial score (nSPS) is 15.9. The molecule has 0 aromatic heterocycles. The van der Waals surface area contributed by atoms with Crippen molar-refractivity contribution >= 4 is 0 Å². The molecule has 0 saturated carbocycles. The van der Waals surface area contributed by atoms with E-state index in [-0.39, 0.29) is 5.41 Å². The van der Waals surface area contributed by atoms with Crippen LogP contribution in [0.3, 0.4) is 0 Å². The second-order valence-corrected chi connectivity index (χ2v) is 7.12. The quantitative estimate of drug-likeness (QED) is 0.281. The molecule has 0 spiro atoms. The summed E-state index contributed by atoms with van der Waals surface area (Å²) in [7, 11) is 0. The number of nitriles is 1. The molecule has 1 heteroatoms. The summed E-state index contributed by atoms with van der Waals surface area (Å²) < 4.78 is 0. The third kappa shape index (κ3) is 6.06. The molecule has 0 aliphatic carbocycles. The Kier molecular flexibility index (Phi) is 8.80. The minimum absolute atomic E-state index is 0.151. The molecule has 2 atom stereocenters. The molecule has 1 nitrogen and oxygen atoms in total. The monoisotopic (exact) mass is 299 g/mol. The number of nitrogens with zero attached hydrogens (tertiary/aromatic N) is 1. The summed E-state index contributed by atoms with van der Waals surface area (Å²) in [5, 5.41) is 9.33. The van der Waals surface area contributed by atoms with E-state index in [4.69, 9.17) is 0 Å². The fraction of sp³-hybridized carbons (Fsp3) is 0.571. The number of rotatable bonds is 8. The van der Waals surface area contributed by atoms with Gasteiger partial charge in [-0.1, -0.05) is 59.3 Å². The largest absolute Gasteiger partial charge is 0.192 e. The van der Waals surface area contributed by atoms with Crippen LogP contribution in [0.25, 0.3) is 0 Å². The molecule has 122 valence electrons. The molecule has 0 fully saturated rings. The maximum atomic E-state index is 9.33. The van der Waals surface area contributed by atoms with Crippen LogP contribution in [0.5, 0.6) is 0 Å². The molecule has 2 unspecified atom stereocenters. The Labute approximate surface area is 138 Å². The van der Waals surface area contributed by atoms with Crippen LogP contribution in [0.4, 0.5) is 0 Å². The highest BCUT2D eigenvalue weighted by atomic mass is 14.4. The second-order valence-electron chi connectivity index (χ2n) is 7.12. The molecule has 0 bridgehead atoms. The average molecular weight is 300 g/mol. The minimum atomic E-state index is 0.151. The first kappa shape index (κ1) is 20.5. The Morgan fingerprint density at radius 3 is 2.23 bits per heavy atom. The van der Waals surface area contributed by atoms with E-state index in [1.165, 1.54) is 18.4 Å². The van der Waals surface area contributed by atoms with Crippen LogP contribution in [0.2, 0.25) is 0 Å².